The molecule has 0 amide bonds. The number of benzene rings is 1. The Morgan fingerprint density at radius 2 is 2.20 bits per heavy atom. The smallest absolute Gasteiger partial charge is 0.261 e. The van der Waals surface area contributed by atoms with Gasteiger partial charge in [0.25, 0.3) is 5.56 Å². The number of fused-ring (bicyclic) bond motifs is 1. The van der Waals surface area contributed by atoms with Crippen molar-refractivity contribution in [1.82, 2.24) is 15.0 Å². The average molecular weight is 401 g/mol. The van der Waals surface area contributed by atoms with Crippen LogP contribution in [0.25, 0.3) is 10.9 Å². The summed E-state index contributed by atoms with van der Waals surface area (Å²) in [5.74, 6) is 1.07. The molecule has 1 fully saturated rings. The molecular formula is C17H17BrN6O. The Kier molecular flexibility index (Phi) is 4.14. The summed E-state index contributed by atoms with van der Waals surface area (Å²) in [5.41, 5.74) is 7.22. The van der Waals surface area contributed by atoms with Gasteiger partial charge in [-0.25, -0.2) is 4.98 Å². The summed E-state index contributed by atoms with van der Waals surface area (Å²) in [4.78, 5) is 26.2. The van der Waals surface area contributed by atoms with Crippen LogP contribution in [0.4, 0.5) is 17.5 Å². The normalized spacial score (nSPS) is 17.2. The Hall–Kier alpha value is -2.45. The lowest BCUT2D eigenvalue weighted by Crippen LogP contribution is -2.28. The summed E-state index contributed by atoms with van der Waals surface area (Å²) in [6, 6.07) is 9.61. The predicted octanol–water partition coefficient (Wildman–Crippen LogP) is 2.36. The van der Waals surface area contributed by atoms with E-state index in [-0.39, 0.29) is 11.6 Å². The first-order valence-electron chi connectivity index (χ1n) is 8.03. The molecule has 8 heteroatoms. The lowest BCUT2D eigenvalue weighted by Gasteiger charge is -2.18. The Morgan fingerprint density at radius 3 is 2.96 bits per heavy atom. The van der Waals surface area contributed by atoms with E-state index in [1.807, 2.05) is 24.3 Å². The molecule has 1 aromatic carbocycles. The summed E-state index contributed by atoms with van der Waals surface area (Å²) in [7, 11) is 0. The minimum Gasteiger partial charge on any atom is -0.339 e. The van der Waals surface area contributed by atoms with Gasteiger partial charge in [0, 0.05) is 35.5 Å². The fraction of sp³-hybridized carbons (Fsp3) is 0.235. The quantitative estimate of drug-likeness (QED) is 0.623. The van der Waals surface area contributed by atoms with Crippen LogP contribution in [0.15, 0.2) is 45.8 Å². The van der Waals surface area contributed by atoms with Crippen LogP contribution in [0.1, 0.15) is 6.42 Å². The van der Waals surface area contributed by atoms with Gasteiger partial charge in [-0.2, -0.15) is 4.98 Å². The molecule has 128 valence electrons. The topological polar surface area (TPSA) is 99.9 Å². The molecule has 1 saturated heterocycles. The Bertz CT molecular complexity index is 988. The second-order valence-electron chi connectivity index (χ2n) is 6.07. The summed E-state index contributed by atoms with van der Waals surface area (Å²) in [5, 5.41) is 3.68. The van der Waals surface area contributed by atoms with Crippen molar-refractivity contribution in [2.24, 2.45) is 5.73 Å². The van der Waals surface area contributed by atoms with E-state index in [2.05, 4.69) is 41.1 Å². The summed E-state index contributed by atoms with van der Waals surface area (Å²) in [6.07, 6.45) is 2.51. The number of hydrogen-bond donors (Lipinski definition) is 3. The fourth-order valence-electron chi connectivity index (χ4n) is 2.98. The van der Waals surface area contributed by atoms with Gasteiger partial charge in [0.1, 0.15) is 11.2 Å². The first kappa shape index (κ1) is 16.0. The molecule has 3 aromatic rings. The number of nitrogens with zero attached hydrogens (tertiary/aromatic N) is 3. The van der Waals surface area contributed by atoms with Gasteiger partial charge in [-0.1, -0.05) is 22.0 Å². The van der Waals surface area contributed by atoms with Crippen molar-refractivity contribution in [3.05, 3.63) is 51.4 Å². The van der Waals surface area contributed by atoms with Gasteiger partial charge in [-0.15, -0.1) is 0 Å². The van der Waals surface area contributed by atoms with Crippen molar-refractivity contribution < 1.29 is 0 Å². The van der Waals surface area contributed by atoms with Crippen LogP contribution in [-0.2, 0) is 0 Å². The maximum absolute atomic E-state index is 12.3. The van der Waals surface area contributed by atoms with E-state index < -0.39 is 0 Å². The average Bonchev–Trinajstić information content (AvgIpc) is 3.01. The molecule has 0 bridgehead atoms. The highest BCUT2D eigenvalue weighted by atomic mass is 79.9. The van der Waals surface area contributed by atoms with Crippen LogP contribution in [-0.4, -0.2) is 34.1 Å². The van der Waals surface area contributed by atoms with Crippen molar-refractivity contribution in [2.75, 3.05) is 23.3 Å². The predicted molar refractivity (Wildman–Crippen MR) is 102 cm³/mol. The van der Waals surface area contributed by atoms with E-state index in [0.29, 0.717) is 29.2 Å². The minimum absolute atomic E-state index is 0.125. The summed E-state index contributed by atoms with van der Waals surface area (Å²) in [6.45, 7) is 1.53. The molecule has 0 aliphatic carbocycles. The van der Waals surface area contributed by atoms with E-state index in [4.69, 9.17) is 5.73 Å². The zero-order valence-corrected chi connectivity index (χ0v) is 15.0. The molecule has 0 radical (unpaired) electrons. The third-order valence-electron chi connectivity index (χ3n) is 4.20. The Morgan fingerprint density at radius 1 is 1.32 bits per heavy atom. The third-order valence-corrected chi connectivity index (χ3v) is 4.70. The van der Waals surface area contributed by atoms with Crippen LogP contribution < -0.4 is 21.5 Å². The number of rotatable bonds is 3. The molecule has 1 aliphatic rings. The Labute approximate surface area is 152 Å². The molecule has 25 heavy (non-hydrogen) atoms. The lowest BCUT2D eigenvalue weighted by molar-refractivity contribution is 0.750. The highest BCUT2D eigenvalue weighted by Gasteiger charge is 2.23. The number of nitrogens with one attached hydrogen (secondary N) is 2. The molecule has 4 rings (SSSR count). The SMILES string of the molecule is N[C@@H]1CCN(c2nc(Nc3cccc(Br)c3)c3c(=O)[nH]ccc3n2)C1. The standard InChI is InChI=1S/C17H17BrN6O/c18-10-2-1-3-12(8-10)21-15-14-13(4-6-20-16(14)25)22-17(23-15)24-7-5-11(19)9-24/h1-4,6,8,11H,5,7,9,19H2,(H,20,25)(H,21,22,23)/t11-/m1/s1. The van der Waals surface area contributed by atoms with Crippen LogP contribution in [0.5, 0.6) is 0 Å². The van der Waals surface area contributed by atoms with Crippen molar-refractivity contribution in [2.45, 2.75) is 12.5 Å². The van der Waals surface area contributed by atoms with E-state index in [0.717, 1.165) is 23.1 Å². The molecule has 2 aromatic heterocycles. The molecule has 4 N–H and O–H groups in total. The van der Waals surface area contributed by atoms with E-state index in [1.54, 1.807) is 12.3 Å². The summed E-state index contributed by atoms with van der Waals surface area (Å²) < 4.78 is 0.940. The first-order chi connectivity index (χ1) is 12.1. The van der Waals surface area contributed by atoms with Gasteiger partial charge in [0.05, 0.1) is 5.52 Å². The van der Waals surface area contributed by atoms with Gasteiger partial charge in [0.15, 0.2) is 0 Å². The molecule has 1 atom stereocenters. The maximum atomic E-state index is 12.3. The molecule has 1 aliphatic heterocycles. The minimum atomic E-state index is -0.223. The zero-order chi connectivity index (χ0) is 17.4. The second-order valence-corrected chi connectivity index (χ2v) is 6.99. The third kappa shape index (κ3) is 3.22. The molecule has 3 heterocycles. The number of aromatic nitrogens is 3. The van der Waals surface area contributed by atoms with E-state index >= 15 is 0 Å². The van der Waals surface area contributed by atoms with Gasteiger partial charge in [0.2, 0.25) is 5.95 Å². The van der Waals surface area contributed by atoms with Crippen molar-refractivity contribution in [3.8, 4) is 0 Å². The van der Waals surface area contributed by atoms with Gasteiger partial charge in [-0.05, 0) is 30.7 Å². The van der Waals surface area contributed by atoms with Crippen LogP contribution >= 0.6 is 15.9 Å². The zero-order valence-electron chi connectivity index (χ0n) is 13.4. The number of pyridine rings is 1. The van der Waals surface area contributed by atoms with Crippen LogP contribution in [0.3, 0.4) is 0 Å². The number of aromatic amines is 1. The van der Waals surface area contributed by atoms with Crippen molar-refractivity contribution in [1.29, 1.82) is 0 Å². The van der Waals surface area contributed by atoms with E-state index in [1.165, 1.54) is 0 Å². The number of H-pyrrole nitrogens is 1. The molecule has 0 spiro atoms. The number of halogens is 1. The molecule has 7 nitrogen and oxygen atoms in total. The monoisotopic (exact) mass is 400 g/mol. The van der Waals surface area contributed by atoms with E-state index in [9.17, 15) is 4.79 Å². The fourth-order valence-corrected chi connectivity index (χ4v) is 3.38. The maximum Gasteiger partial charge on any atom is 0.261 e. The highest BCUT2D eigenvalue weighted by Crippen LogP contribution is 2.26. The summed E-state index contributed by atoms with van der Waals surface area (Å²) >= 11 is 3.45. The molecular weight excluding hydrogens is 384 g/mol. The van der Waals surface area contributed by atoms with Crippen molar-refractivity contribution in [3.63, 3.8) is 0 Å². The van der Waals surface area contributed by atoms with Gasteiger partial charge in [-0.3, -0.25) is 4.79 Å². The first-order valence-corrected chi connectivity index (χ1v) is 8.82. The van der Waals surface area contributed by atoms with Crippen molar-refractivity contribution >= 4 is 44.3 Å². The Balaban J connectivity index is 1.83. The number of hydrogen-bond acceptors (Lipinski definition) is 6. The lowest BCUT2D eigenvalue weighted by atomic mass is 10.2. The second kappa shape index (κ2) is 6.45. The molecule has 0 saturated carbocycles. The van der Waals surface area contributed by atoms with Gasteiger partial charge < -0.3 is 20.9 Å². The number of nitrogens with two attached hydrogens (primary N) is 1. The number of anilines is 3. The van der Waals surface area contributed by atoms with Crippen LogP contribution in [0, 0.1) is 0 Å². The van der Waals surface area contributed by atoms with Gasteiger partial charge >= 0.3 is 0 Å². The highest BCUT2D eigenvalue weighted by molar-refractivity contribution is 9.10. The van der Waals surface area contributed by atoms with Crippen LogP contribution in [0.2, 0.25) is 0 Å². The largest absolute Gasteiger partial charge is 0.339 e. The molecule has 0 unspecified atom stereocenters.